The summed E-state index contributed by atoms with van der Waals surface area (Å²) in [7, 11) is 0.162. The van der Waals surface area contributed by atoms with E-state index in [1.807, 2.05) is 7.05 Å². The minimum absolute atomic E-state index is 0.0468. The van der Waals surface area contributed by atoms with Crippen molar-refractivity contribution >= 4 is 21.6 Å². The highest BCUT2D eigenvalue weighted by atomic mass is 35.5. The van der Waals surface area contributed by atoms with Crippen LogP contribution in [0, 0.1) is 0 Å². The molecule has 0 unspecified atom stereocenters. The van der Waals surface area contributed by atoms with Crippen LogP contribution in [-0.2, 0) is 16.6 Å². The molecular weight excluding hydrogens is 380 g/mol. The largest absolute Gasteiger partial charge is 0.316 e. The average molecular weight is 407 g/mol. The summed E-state index contributed by atoms with van der Waals surface area (Å²) in [6.07, 6.45) is 3.78. The van der Waals surface area contributed by atoms with Crippen LogP contribution in [0.25, 0.3) is 0 Å². The summed E-state index contributed by atoms with van der Waals surface area (Å²) in [5.41, 5.74) is 2.64. The molecule has 1 aliphatic rings. The lowest BCUT2D eigenvalue weighted by Gasteiger charge is -2.34. The summed E-state index contributed by atoms with van der Waals surface area (Å²) in [6.45, 7) is 0.875. The van der Waals surface area contributed by atoms with Crippen molar-refractivity contribution in [3.8, 4) is 0 Å². The molecular formula is C21H27ClN2O2S. The molecule has 0 aromatic heterocycles. The fourth-order valence-electron chi connectivity index (χ4n) is 3.85. The lowest BCUT2D eigenvalue weighted by molar-refractivity contribution is 0.268. The Morgan fingerprint density at radius 3 is 2.15 bits per heavy atom. The van der Waals surface area contributed by atoms with E-state index in [-0.39, 0.29) is 6.04 Å². The van der Waals surface area contributed by atoms with E-state index in [1.165, 1.54) is 11.1 Å². The Balaban J connectivity index is 1.63. The second-order valence-corrected chi connectivity index (χ2v) is 9.69. The van der Waals surface area contributed by atoms with Gasteiger partial charge in [0.05, 0.1) is 4.90 Å². The molecule has 4 nitrogen and oxygen atoms in total. The maximum absolute atomic E-state index is 12.9. The van der Waals surface area contributed by atoms with Crippen LogP contribution in [-0.4, -0.2) is 32.9 Å². The van der Waals surface area contributed by atoms with Crippen molar-refractivity contribution in [1.82, 2.24) is 9.62 Å². The zero-order valence-corrected chi connectivity index (χ0v) is 17.4. The Morgan fingerprint density at radius 1 is 1.00 bits per heavy atom. The minimum Gasteiger partial charge on any atom is -0.316 e. The van der Waals surface area contributed by atoms with Gasteiger partial charge < -0.3 is 5.32 Å². The van der Waals surface area contributed by atoms with Gasteiger partial charge in [-0.2, -0.15) is 4.31 Å². The Morgan fingerprint density at radius 2 is 1.59 bits per heavy atom. The number of sulfonamides is 1. The number of hydrogen-bond donors (Lipinski definition) is 1. The van der Waals surface area contributed by atoms with E-state index in [0.717, 1.165) is 32.2 Å². The van der Waals surface area contributed by atoms with Crippen molar-refractivity contribution < 1.29 is 8.42 Å². The van der Waals surface area contributed by atoms with Crippen molar-refractivity contribution in [1.29, 1.82) is 0 Å². The van der Waals surface area contributed by atoms with Crippen molar-refractivity contribution in [3.05, 3.63) is 64.7 Å². The molecule has 146 valence electrons. The monoisotopic (exact) mass is 406 g/mol. The van der Waals surface area contributed by atoms with Gasteiger partial charge in [-0.1, -0.05) is 35.9 Å². The van der Waals surface area contributed by atoms with Gasteiger partial charge in [0.1, 0.15) is 0 Å². The van der Waals surface area contributed by atoms with Gasteiger partial charge in [0.2, 0.25) is 10.0 Å². The standard InChI is InChI=1S/C21H27ClN2O2S/c1-23-15-16-3-5-17(6-4-16)18-7-11-20(12-8-18)24(2)27(25,26)21-13-9-19(22)10-14-21/h3-6,9-10,13-14,18,20,23H,7-8,11-12,15H2,1-2H3/t18-,20-. The van der Waals surface area contributed by atoms with Gasteiger partial charge in [0.25, 0.3) is 0 Å². The molecule has 0 radical (unpaired) electrons. The number of rotatable bonds is 6. The maximum Gasteiger partial charge on any atom is 0.243 e. The molecule has 0 amide bonds. The predicted molar refractivity (Wildman–Crippen MR) is 111 cm³/mol. The fourth-order valence-corrected chi connectivity index (χ4v) is 5.40. The van der Waals surface area contributed by atoms with Crippen molar-refractivity contribution in [2.24, 2.45) is 0 Å². The smallest absolute Gasteiger partial charge is 0.243 e. The Labute approximate surface area is 167 Å². The summed E-state index contributed by atoms with van der Waals surface area (Å²) in [6, 6.07) is 15.2. The molecule has 0 heterocycles. The summed E-state index contributed by atoms with van der Waals surface area (Å²) in [4.78, 5) is 0.302. The quantitative estimate of drug-likeness (QED) is 0.773. The van der Waals surface area contributed by atoms with Crippen LogP contribution < -0.4 is 5.32 Å². The molecule has 3 rings (SSSR count). The number of hydrogen-bond acceptors (Lipinski definition) is 3. The van der Waals surface area contributed by atoms with Gasteiger partial charge in [0.15, 0.2) is 0 Å². The van der Waals surface area contributed by atoms with E-state index in [1.54, 1.807) is 35.6 Å². The lowest BCUT2D eigenvalue weighted by Crippen LogP contribution is -2.39. The first kappa shape index (κ1) is 20.3. The second-order valence-electron chi connectivity index (χ2n) is 7.25. The molecule has 2 aromatic rings. The Kier molecular flexibility index (Phi) is 6.58. The first-order valence-corrected chi connectivity index (χ1v) is 11.2. The molecule has 1 N–H and O–H groups in total. The van der Waals surface area contributed by atoms with Gasteiger partial charge in [0, 0.05) is 24.7 Å². The zero-order valence-electron chi connectivity index (χ0n) is 15.9. The van der Waals surface area contributed by atoms with Crippen LogP contribution in [0.15, 0.2) is 53.4 Å². The molecule has 0 aliphatic heterocycles. The number of benzene rings is 2. The average Bonchev–Trinajstić information content (AvgIpc) is 2.69. The first-order valence-electron chi connectivity index (χ1n) is 9.39. The third-order valence-corrected chi connectivity index (χ3v) is 7.71. The summed E-state index contributed by atoms with van der Waals surface area (Å²) >= 11 is 5.88. The van der Waals surface area contributed by atoms with E-state index in [0.29, 0.717) is 15.8 Å². The van der Waals surface area contributed by atoms with E-state index >= 15 is 0 Å². The molecule has 0 saturated heterocycles. The van der Waals surface area contributed by atoms with Crippen LogP contribution in [0.1, 0.15) is 42.7 Å². The molecule has 27 heavy (non-hydrogen) atoms. The molecule has 2 aromatic carbocycles. The number of halogens is 1. The zero-order chi connectivity index (χ0) is 19.4. The summed E-state index contributed by atoms with van der Waals surface area (Å²) in [5.74, 6) is 0.511. The molecule has 1 aliphatic carbocycles. The van der Waals surface area contributed by atoms with Crippen molar-refractivity contribution in [3.63, 3.8) is 0 Å². The fraction of sp³-hybridized carbons (Fsp3) is 0.429. The highest BCUT2D eigenvalue weighted by molar-refractivity contribution is 7.89. The first-order chi connectivity index (χ1) is 12.9. The second kappa shape index (κ2) is 8.74. The van der Waals surface area contributed by atoms with Crippen molar-refractivity contribution in [2.75, 3.05) is 14.1 Å². The van der Waals surface area contributed by atoms with Crippen molar-refractivity contribution in [2.45, 2.75) is 49.1 Å². The van der Waals surface area contributed by atoms with Crippen LogP contribution in [0.2, 0.25) is 5.02 Å². The van der Waals surface area contributed by atoms with Crippen LogP contribution in [0.3, 0.4) is 0 Å². The van der Waals surface area contributed by atoms with Crippen LogP contribution >= 0.6 is 11.6 Å². The molecule has 1 fully saturated rings. The summed E-state index contributed by atoms with van der Waals surface area (Å²) in [5, 5.41) is 3.70. The minimum atomic E-state index is -3.48. The van der Waals surface area contributed by atoms with E-state index in [2.05, 4.69) is 29.6 Å². The highest BCUT2D eigenvalue weighted by Gasteiger charge is 2.31. The third-order valence-electron chi connectivity index (χ3n) is 5.53. The third kappa shape index (κ3) is 4.72. The van der Waals surface area contributed by atoms with Crippen LogP contribution in [0.4, 0.5) is 0 Å². The van der Waals surface area contributed by atoms with Gasteiger partial charge in [-0.15, -0.1) is 0 Å². The van der Waals surface area contributed by atoms with Crippen LogP contribution in [0.5, 0.6) is 0 Å². The molecule has 0 bridgehead atoms. The topological polar surface area (TPSA) is 49.4 Å². The van der Waals surface area contributed by atoms with Gasteiger partial charge >= 0.3 is 0 Å². The lowest BCUT2D eigenvalue weighted by atomic mass is 9.81. The highest BCUT2D eigenvalue weighted by Crippen LogP contribution is 2.36. The SMILES string of the molecule is CNCc1ccc([C@H]2CC[C@H](N(C)S(=O)(=O)c3ccc(Cl)cc3)CC2)cc1. The van der Waals surface area contributed by atoms with Gasteiger partial charge in [-0.25, -0.2) is 8.42 Å². The molecule has 1 saturated carbocycles. The van der Waals surface area contributed by atoms with E-state index in [9.17, 15) is 8.42 Å². The van der Waals surface area contributed by atoms with Gasteiger partial charge in [-0.3, -0.25) is 0 Å². The molecule has 0 atom stereocenters. The molecule has 0 spiro atoms. The normalized spacial score (nSPS) is 20.7. The Bertz CT molecular complexity index is 843. The molecule has 6 heteroatoms. The van der Waals surface area contributed by atoms with Gasteiger partial charge in [-0.05, 0) is 74.0 Å². The summed E-state index contributed by atoms with van der Waals surface area (Å²) < 4.78 is 27.3. The number of nitrogens with one attached hydrogen (secondary N) is 1. The number of nitrogens with zero attached hydrogens (tertiary/aromatic N) is 1. The Hall–Kier alpha value is -1.40. The van der Waals surface area contributed by atoms with E-state index < -0.39 is 10.0 Å². The van der Waals surface area contributed by atoms with E-state index in [4.69, 9.17) is 11.6 Å². The maximum atomic E-state index is 12.9. The predicted octanol–water partition coefficient (Wildman–Crippen LogP) is 4.41.